The van der Waals surface area contributed by atoms with Crippen molar-refractivity contribution in [3.63, 3.8) is 0 Å². The molecule has 0 aromatic carbocycles. The van der Waals surface area contributed by atoms with Crippen LogP contribution in [0.25, 0.3) is 0 Å². The highest BCUT2D eigenvalue weighted by Gasteiger charge is 2.04. The maximum absolute atomic E-state index is 5.53. The van der Waals surface area contributed by atoms with Crippen LogP contribution in [0, 0.1) is 0 Å². The zero-order valence-electron chi connectivity index (χ0n) is 13.7. The number of ether oxygens (including phenoxy) is 1. The van der Waals surface area contributed by atoms with Crippen molar-refractivity contribution in [2.45, 2.75) is 96.8 Å². The molecule has 0 spiro atoms. The highest BCUT2D eigenvalue weighted by atomic mass is 16.5. The normalized spacial score (nSPS) is 14.9. The van der Waals surface area contributed by atoms with Crippen molar-refractivity contribution in [3.8, 4) is 0 Å². The number of hydrogen-bond donors (Lipinski definition) is 0. The summed E-state index contributed by atoms with van der Waals surface area (Å²) in [5.41, 5.74) is 0. The number of unbranched alkanes of at least 4 members (excludes halogenated alkanes) is 11. The van der Waals surface area contributed by atoms with E-state index in [0.717, 1.165) is 31.9 Å². The SMILES string of the molecule is CCCCCCCCCCCCCCC1=NCCCO1. The van der Waals surface area contributed by atoms with Crippen molar-refractivity contribution < 1.29 is 4.74 Å². The van der Waals surface area contributed by atoms with Gasteiger partial charge in [0.2, 0.25) is 0 Å². The van der Waals surface area contributed by atoms with Crippen LogP contribution in [-0.2, 0) is 4.74 Å². The minimum absolute atomic E-state index is 0.886. The molecule has 2 nitrogen and oxygen atoms in total. The second-order valence-corrected chi connectivity index (χ2v) is 6.12. The molecule has 2 heteroatoms. The summed E-state index contributed by atoms with van der Waals surface area (Å²) in [4.78, 5) is 4.41. The minimum atomic E-state index is 0.886. The lowest BCUT2D eigenvalue weighted by molar-refractivity contribution is 0.272. The van der Waals surface area contributed by atoms with Gasteiger partial charge in [0, 0.05) is 19.4 Å². The van der Waals surface area contributed by atoms with E-state index in [4.69, 9.17) is 4.74 Å². The zero-order valence-corrected chi connectivity index (χ0v) is 13.7. The van der Waals surface area contributed by atoms with E-state index in [1.165, 1.54) is 77.0 Å². The molecule has 1 heterocycles. The molecule has 20 heavy (non-hydrogen) atoms. The van der Waals surface area contributed by atoms with Gasteiger partial charge in [-0.05, 0) is 6.42 Å². The minimum Gasteiger partial charge on any atom is -0.481 e. The number of rotatable bonds is 13. The Morgan fingerprint density at radius 1 is 0.800 bits per heavy atom. The summed E-state index contributed by atoms with van der Waals surface area (Å²) in [5, 5.41) is 0. The Balaban J connectivity index is 1.73. The first kappa shape index (κ1) is 17.5. The molecular weight excluding hydrogens is 246 g/mol. The molecule has 0 unspecified atom stereocenters. The van der Waals surface area contributed by atoms with Crippen LogP contribution in [0.2, 0.25) is 0 Å². The van der Waals surface area contributed by atoms with Crippen molar-refractivity contribution in [1.29, 1.82) is 0 Å². The molecular formula is C18H35NO. The smallest absolute Gasteiger partial charge is 0.183 e. The van der Waals surface area contributed by atoms with E-state index in [2.05, 4.69) is 11.9 Å². The fourth-order valence-corrected chi connectivity index (χ4v) is 2.77. The van der Waals surface area contributed by atoms with Crippen LogP contribution in [0.15, 0.2) is 4.99 Å². The molecule has 1 aliphatic rings. The number of aliphatic imine (C=N–C) groups is 1. The molecule has 0 radical (unpaired) electrons. The second-order valence-electron chi connectivity index (χ2n) is 6.12. The van der Waals surface area contributed by atoms with Crippen LogP contribution >= 0.6 is 0 Å². The monoisotopic (exact) mass is 281 g/mol. The van der Waals surface area contributed by atoms with Gasteiger partial charge in [-0.3, -0.25) is 4.99 Å². The van der Waals surface area contributed by atoms with Crippen LogP contribution < -0.4 is 0 Å². The van der Waals surface area contributed by atoms with E-state index in [-0.39, 0.29) is 0 Å². The third kappa shape index (κ3) is 10.3. The molecule has 118 valence electrons. The molecule has 0 saturated heterocycles. The molecule has 0 aliphatic carbocycles. The van der Waals surface area contributed by atoms with Crippen molar-refractivity contribution in [3.05, 3.63) is 0 Å². The predicted molar refractivity (Wildman–Crippen MR) is 88.6 cm³/mol. The van der Waals surface area contributed by atoms with Gasteiger partial charge < -0.3 is 4.74 Å². The van der Waals surface area contributed by atoms with E-state index < -0.39 is 0 Å². The average molecular weight is 281 g/mol. The summed E-state index contributed by atoms with van der Waals surface area (Å²) in [5.74, 6) is 1.02. The molecule has 0 N–H and O–H groups in total. The average Bonchev–Trinajstić information content (AvgIpc) is 2.49. The molecule has 0 bridgehead atoms. The van der Waals surface area contributed by atoms with E-state index in [0.29, 0.717) is 0 Å². The van der Waals surface area contributed by atoms with Crippen molar-refractivity contribution in [2.75, 3.05) is 13.2 Å². The van der Waals surface area contributed by atoms with Gasteiger partial charge in [-0.2, -0.15) is 0 Å². The van der Waals surface area contributed by atoms with E-state index >= 15 is 0 Å². The Kier molecular flexibility index (Phi) is 11.8. The van der Waals surface area contributed by atoms with Crippen molar-refractivity contribution >= 4 is 5.90 Å². The largest absolute Gasteiger partial charge is 0.481 e. The highest BCUT2D eigenvalue weighted by Crippen LogP contribution is 2.13. The van der Waals surface area contributed by atoms with E-state index in [9.17, 15) is 0 Å². The molecule has 0 fully saturated rings. The second kappa shape index (κ2) is 13.5. The fourth-order valence-electron chi connectivity index (χ4n) is 2.77. The van der Waals surface area contributed by atoms with Crippen molar-refractivity contribution in [2.24, 2.45) is 4.99 Å². The van der Waals surface area contributed by atoms with Crippen LogP contribution in [0.4, 0.5) is 0 Å². The molecule has 0 saturated carbocycles. The van der Waals surface area contributed by atoms with Crippen LogP contribution in [0.5, 0.6) is 0 Å². The number of nitrogens with zero attached hydrogens (tertiary/aromatic N) is 1. The first-order valence-electron chi connectivity index (χ1n) is 9.09. The summed E-state index contributed by atoms with van der Waals surface area (Å²) in [7, 11) is 0. The van der Waals surface area contributed by atoms with Crippen LogP contribution in [0.3, 0.4) is 0 Å². The molecule has 0 aromatic rings. The molecule has 0 amide bonds. The Hall–Kier alpha value is -0.530. The van der Waals surface area contributed by atoms with Gasteiger partial charge >= 0.3 is 0 Å². The lowest BCUT2D eigenvalue weighted by Crippen LogP contribution is -2.13. The summed E-state index contributed by atoms with van der Waals surface area (Å²) in [6, 6.07) is 0. The van der Waals surface area contributed by atoms with Crippen LogP contribution in [-0.4, -0.2) is 19.0 Å². The first-order chi connectivity index (χ1) is 9.93. The van der Waals surface area contributed by atoms with Gasteiger partial charge in [0.25, 0.3) is 0 Å². The van der Waals surface area contributed by atoms with Gasteiger partial charge in [0.1, 0.15) is 0 Å². The summed E-state index contributed by atoms with van der Waals surface area (Å²) < 4.78 is 5.53. The predicted octanol–water partition coefficient (Wildman–Crippen LogP) is 5.90. The summed E-state index contributed by atoms with van der Waals surface area (Å²) >= 11 is 0. The summed E-state index contributed by atoms with van der Waals surface area (Å²) in [6.45, 7) is 4.15. The molecule has 1 aliphatic heterocycles. The standard InChI is InChI=1S/C18H35NO/c1-2-3-4-5-6-7-8-9-10-11-12-13-15-18-19-16-14-17-20-18/h2-17H2,1H3. The van der Waals surface area contributed by atoms with Gasteiger partial charge in [-0.1, -0.05) is 77.6 Å². The summed E-state index contributed by atoms with van der Waals surface area (Å²) in [6.07, 6.45) is 19.1. The van der Waals surface area contributed by atoms with Gasteiger partial charge in [-0.25, -0.2) is 0 Å². The Bertz CT molecular complexity index is 238. The van der Waals surface area contributed by atoms with Crippen molar-refractivity contribution in [1.82, 2.24) is 0 Å². The quantitative estimate of drug-likeness (QED) is 0.385. The first-order valence-corrected chi connectivity index (χ1v) is 9.09. The molecule has 0 aromatic heterocycles. The maximum Gasteiger partial charge on any atom is 0.183 e. The van der Waals surface area contributed by atoms with Gasteiger partial charge in [0.05, 0.1) is 6.61 Å². The molecule has 1 rings (SSSR count). The van der Waals surface area contributed by atoms with Gasteiger partial charge in [-0.15, -0.1) is 0 Å². The van der Waals surface area contributed by atoms with Gasteiger partial charge in [0.15, 0.2) is 5.90 Å². The van der Waals surface area contributed by atoms with E-state index in [1.807, 2.05) is 0 Å². The lowest BCUT2D eigenvalue weighted by Gasteiger charge is -2.13. The third-order valence-corrected chi connectivity index (χ3v) is 4.10. The third-order valence-electron chi connectivity index (χ3n) is 4.10. The Morgan fingerprint density at radius 2 is 1.35 bits per heavy atom. The molecule has 0 atom stereocenters. The Labute approximate surface area is 126 Å². The maximum atomic E-state index is 5.53. The number of hydrogen-bond acceptors (Lipinski definition) is 2. The fraction of sp³-hybridized carbons (Fsp3) is 0.944. The highest BCUT2D eigenvalue weighted by molar-refractivity contribution is 5.76. The van der Waals surface area contributed by atoms with E-state index in [1.54, 1.807) is 0 Å². The topological polar surface area (TPSA) is 21.6 Å². The lowest BCUT2D eigenvalue weighted by atomic mass is 10.0. The zero-order chi connectivity index (χ0) is 14.3. The van der Waals surface area contributed by atoms with Crippen LogP contribution in [0.1, 0.15) is 96.8 Å². The Morgan fingerprint density at radius 3 is 1.85 bits per heavy atom.